The Morgan fingerprint density at radius 1 is 0.960 bits per heavy atom. The summed E-state index contributed by atoms with van der Waals surface area (Å²) in [5.41, 5.74) is 0.842. The topological polar surface area (TPSA) is 53.2 Å². The molecule has 10 heteroatoms. The summed E-state index contributed by atoms with van der Waals surface area (Å²) in [5, 5.41) is 8.71. The van der Waals surface area contributed by atoms with Crippen LogP contribution in [0.5, 0.6) is 0 Å². The maximum absolute atomic E-state index is 12.2. The zero-order valence-electron chi connectivity index (χ0n) is 12.3. The molecule has 4 nitrogen and oxygen atoms in total. The van der Waals surface area contributed by atoms with Gasteiger partial charge in [0.2, 0.25) is 3.79 Å². The third-order valence-corrected chi connectivity index (χ3v) is 4.40. The van der Waals surface area contributed by atoms with Crippen molar-refractivity contribution in [3.05, 3.63) is 57.5 Å². The van der Waals surface area contributed by atoms with E-state index in [1.807, 2.05) is 6.07 Å². The van der Waals surface area contributed by atoms with Gasteiger partial charge in [0.1, 0.15) is 6.17 Å². The van der Waals surface area contributed by atoms with Gasteiger partial charge in [-0.25, -0.2) is 4.79 Å². The quantitative estimate of drug-likeness (QED) is 0.356. The Balaban J connectivity index is 2.16. The van der Waals surface area contributed by atoms with Gasteiger partial charge in [-0.1, -0.05) is 87.8 Å². The number of hydrogen-bond donors (Lipinski definition) is 3. The van der Waals surface area contributed by atoms with Gasteiger partial charge in [-0.05, 0) is 24.3 Å². The first-order valence-electron chi connectivity index (χ1n) is 6.77. The van der Waals surface area contributed by atoms with Crippen molar-refractivity contribution >= 4 is 87.0 Å². The number of para-hydroxylation sites is 1. The number of nitrogens with one attached hydrogen (secondary N) is 3. The molecule has 0 aliphatic carbocycles. The number of benzene rings is 2. The van der Waals surface area contributed by atoms with E-state index >= 15 is 0 Å². The molecule has 2 amide bonds. The predicted octanol–water partition coefficient (Wildman–Crippen LogP) is 6.58. The van der Waals surface area contributed by atoms with Crippen molar-refractivity contribution in [2.24, 2.45) is 0 Å². The Morgan fingerprint density at radius 3 is 2.04 bits per heavy atom. The first-order valence-corrected chi connectivity index (χ1v) is 9.04. The molecule has 2 aromatic rings. The van der Waals surface area contributed by atoms with Crippen molar-refractivity contribution < 1.29 is 4.79 Å². The summed E-state index contributed by atoms with van der Waals surface area (Å²) in [5.74, 6) is 0. The van der Waals surface area contributed by atoms with Crippen molar-refractivity contribution in [3.63, 3.8) is 0 Å². The first kappa shape index (κ1) is 20.6. The molecule has 25 heavy (non-hydrogen) atoms. The van der Waals surface area contributed by atoms with Crippen LogP contribution >= 0.6 is 69.6 Å². The molecule has 0 radical (unpaired) electrons. The maximum Gasteiger partial charge on any atom is 0.320 e. The third-order valence-electron chi connectivity index (χ3n) is 2.93. The fraction of sp³-hybridized carbons (Fsp3) is 0.133. The zero-order chi connectivity index (χ0) is 18.6. The Hall–Kier alpha value is -0.750. The summed E-state index contributed by atoms with van der Waals surface area (Å²) in [6, 6.07) is 11.1. The largest absolute Gasteiger partial charge is 0.359 e. The summed E-state index contributed by atoms with van der Waals surface area (Å²) in [7, 11) is 0. The lowest BCUT2D eigenvalue weighted by Gasteiger charge is -2.28. The highest BCUT2D eigenvalue weighted by molar-refractivity contribution is 6.68. The van der Waals surface area contributed by atoms with Crippen LogP contribution in [-0.2, 0) is 0 Å². The highest BCUT2D eigenvalue weighted by Crippen LogP contribution is 2.37. The van der Waals surface area contributed by atoms with Gasteiger partial charge in [0.15, 0.2) is 0 Å². The lowest BCUT2D eigenvalue weighted by atomic mass is 10.3. The molecule has 0 fully saturated rings. The second kappa shape index (κ2) is 8.76. The Labute approximate surface area is 174 Å². The smallest absolute Gasteiger partial charge is 0.320 e. The molecule has 0 spiro atoms. The van der Waals surface area contributed by atoms with Crippen LogP contribution in [0, 0.1) is 0 Å². The minimum Gasteiger partial charge on any atom is -0.359 e. The zero-order valence-corrected chi connectivity index (χ0v) is 16.8. The fourth-order valence-corrected chi connectivity index (χ4v) is 3.10. The molecule has 1 atom stereocenters. The summed E-state index contributed by atoms with van der Waals surface area (Å²) in [6.07, 6.45) is -1.13. The Kier molecular flexibility index (Phi) is 7.20. The predicted molar refractivity (Wildman–Crippen MR) is 108 cm³/mol. The number of anilines is 2. The van der Waals surface area contributed by atoms with E-state index in [-0.39, 0.29) is 15.7 Å². The van der Waals surface area contributed by atoms with E-state index in [9.17, 15) is 4.79 Å². The number of amides is 2. The second-order valence-corrected chi connectivity index (χ2v) is 8.45. The van der Waals surface area contributed by atoms with Crippen LogP contribution in [0.15, 0.2) is 42.5 Å². The van der Waals surface area contributed by atoms with Crippen LogP contribution in [0.2, 0.25) is 15.1 Å². The van der Waals surface area contributed by atoms with Crippen molar-refractivity contribution in [3.8, 4) is 0 Å². The first-order chi connectivity index (χ1) is 11.7. The summed E-state index contributed by atoms with van der Waals surface area (Å²) in [6.45, 7) is 0. The molecule has 0 saturated heterocycles. The summed E-state index contributed by atoms with van der Waals surface area (Å²) >= 11 is 35.9. The normalized spacial score (nSPS) is 12.4. The highest BCUT2D eigenvalue weighted by atomic mass is 35.6. The van der Waals surface area contributed by atoms with Crippen LogP contribution < -0.4 is 16.0 Å². The molecular weight excluding hydrogens is 451 g/mol. The molecule has 0 aliphatic heterocycles. The van der Waals surface area contributed by atoms with Crippen molar-refractivity contribution in [1.82, 2.24) is 5.32 Å². The molecule has 2 aromatic carbocycles. The van der Waals surface area contributed by atoms with Gasteiger partial charge < -0.3 is 16.0 Å². The molecule has 0 bridgehead atoms. The van der Waals surface area contributed by atoms with E-state index in [0.717, 1.165) is 0 Å². The Morgan fingerprint density at radius 2 is 1.52 bits per heavy atom. The Bertz CT molecular complexity index is 728. The molecule has 0 aromatic heterocycles. The monoisotopic (exact) mass is 459 g/mol. The van der Waals surface area contributed by atoms with E-state index < -0.39 is 16.0 Å². The molecule has 3 N–H and O–H groups in total. The minimum atomic E-state index is -1.89. The molecule has 0 saturated carbocycles. The van der Waals surface area contributed by atoms with E-state index in [4.69, 9.17) is 69.6 Å². The van der Waals surface area contributed by atoms with E-state index in [2.05, 4.69) is 16.0 Å². The van der Waals surface area contributed by atoms with Crippen molar-refractivity contribution in [2.45, 2.75) is 9.96 Å². The fourth-order valence-electron chi connectivity index (χ4n) is 1.84. The number of carbonyl (C=O) groups excluding carboxylic acids is 1. The average Bonchev–Trinajstić information content (AvgIpc) is 2.49. The number of hydrogen-bond acceptors (Lipinski definition) is 2. The van der Waals surface area contributed by atoms with Gasteiger partial charge in [0.25, 0.3) is 0 Å². The van der Waals surface area contributed by atoms with Gasteiger partial charge >= 0.3 is 6.03 Å². The average molecular weight is 462 g/mol. The lowest BCUT2D eigenvalue weighted by molar-refractivity contribution is 0.249. The van der Waals surface area contributed by atoms with Crippen LogP contribution in [0.3, 0.4) is 0 Å². The lowest BCUT2D eigenvalue weighted by Crippen LogP contribution is -2.50. The minimum absolute atomic E-state index is 0.210. The van der Waals surface area contributed by atoms with Gasteiger partial charge in [-0.3, -0.25) is 0 Å². The third kappa shape index (κ3) is 6.17. The molecular formula is C15H11Cl6N3O. The van der Waals surface area contributed by atoms with Crippen molar-refractivity contribution in [2.75, 3.05) is 10.6 Å². The van der Waals surface area contributed by atoms with E-state index in [1.54, 1.807) is 24.3 Å². The van der Waals surface area contributed by atoms with E-state index in [0.29, 0.717) is 10.7 Å². The number of rotatable bonds is 4. The van der Waals surface area contributed by atoms with E-state index in [1.165, 1.54) is 12.1 Å². The van der Waals surface area contributed by atoms with Gasteiger partial charge in [-0.15, -0.1) is 0 Å². The summed E-state index contributed by atoms with van der Waals surface area (Å²) < 4.78 is -1.89. The van der Waals surface area contributed by atoms with Gasteiger partial charge in [0, 0.05) is 10.7 Å². The number of carbonyl (C=O) groups is 1. The van der Waals surface area contributed by atoms with Gasteiger partial charge in [-0.2, -0.15) is 0 Å². The SMILES string of the molecule is O=C(Nc1ccccc1)NC(Nc1c(Cl)cc(Cl)cc1Cl)C(Cl)(Cl)Cl. The van der Waals surface area contributed by atoms with Crippen LogP contribution in [0.4, 0.5) is 16.2 Å². The van der Waals surface area contributed by atoms with Crippen molar-refractivity contribution in [1.29, 1.82) is 0 Å². The number of halogens is 6. The second-order valence-electron chi connectivity index (χ2n) is 4.83. The molecule has 0 heterocycles. The van der Waals surface area contributed by atoms with Crippen LogP contribution in [-0.4, -0.2) is 16.0 Å². The summed E-state index contributed by atoms with van der Waals surface area (Å²) in [4.78, 5) is 12.2. The molecule has 1 unspecified atom stereocenters. The highest BCUT2D eigenvalue weighted by Gasteiger charge is 2.35. The maximum atomic E-state index is 12.2. The number of alkyl halides is 3. The standard InChI is InChI=1S/C15H11Cl6N3O/c16-8-6-10(17)12(11(18)7-8)23-13(15(19,20)21)24-14(25)22-9-4-2-1-3-5-9/h1-7,13,23H,(H2,22,24,25). The van der Waals surface area contributed by atoms with Crippen LogP contribution in [0.1, 0.15) is 0 Å². The van der Waals surface area contributed by atoms with Gasteiger partial charge in [0.05, 0.1) is 15.7 Å². The molecule has 134 valence electrons. The molecule has 2 rings (SSSR count). The van der Waals surface area contributed by atoms with Crippen LogP contribution in [0.25, 0.3) is 0 Å². The number of urea groups is 1. The molecule has 0 aliphatic rings.